The van der Waals surface area contributed by atoms with E-state index < -0.39 is 6.10 Å². The van der Waals surface area contributed by atoms with Gasteiger partial charge in [0.05, 0.1) is 13.2 Å². The Labute approximate surface area is 78.2 Å². The average molecular weight is 188 g/mol. The van der Waals surface area contributed by atoms with E-state index >= 15 is 0 Å². The topological polar surface area (TPSA) is 55.8 Å². The molecule has 0 saturated carbocycles. The van der Waals surface area contributed by atoms with Crippen molar-refractivity contribution in [2.75, 3.05) is 19.8 Å². The van der Waals surface area contributed by atoms with Crippen molar-refractivity contribution in [1.29, 1.82) is 0 Å². The summed E-state index contributed by atoms with van der Waals surface area (Å²) in [7, 11) is 0. The van der Waals surface area contributed by atoms with Crippen molar-refractivity contribution in [2.24, 2.45) is 0 Å². The number of aliphatic hydroxyl groups excluding tert-OH is 1. The fourth-order valence-corrected chi connectivity index (χ4v) is 0.682. The molecule has 0 rings (SSSR count). The van der Waals surface area contributed by atoms with E-state index in [-0.39, 0.29) is 19.2 Å². The predicted octanol–water partition coefficient (Wildman–Crippen LogP) is 0.503. The molecule has 13 heavy (non-hydrogen) atoms. The van der Waals surface area contributed by atoms with Crippen LogP contribution in [0, 0.1) is 0 Å². The zero-order valence-corrected chi connectivity index (χ0v) is 7.86. The molecular formula is C9H16O4. The van der Waals surface area contributed by atoms with Crippen molar-refractivity contribution in [3.63, 3.8) is 0 Å². The highest BCUT2D eigenvalue weighted by atomic mass is 16.6. The molecule has 0 aromatic carbocycles. The minimum atomic E-state index is -0.427. The summed E-state index contributed by atoms with van der Waals surface area (Å²) in [5.74, 6) is -0.370. The number of esters is 1. The lowest BCUT2D eigenvalue weighted by Crippen LogP contribution is -2.25. The lowest BCUT2D eigenvalue weighted by Gasteiger charge is -2.14. The van der Waals surface area contributed by atoms with Gasteiger partial charge in [-0.25, -0.2) is 0 Å². The van der Waals surface area contributed by atoms with E-state index in [1.54, 1.807) is 6.08 Å². The highest BCUT2D eigenvalue weighted by molar-refractivity contribution is 5.65. The lowest BCUT2D eigenvalue weighted by molar-refractivity contribution is -0.146. The number of ether oxygens (including phenoxy) is 2. The number of hydrogen-bond donors (Lipinski definition) is 1. The first-order valence-corrected chi connectivity index (χ1v) is 4.17. The van der Waals surface area contributed by atoms with Gasteiger partial charge in [0.25, 0.3) is 0 Å². The molecule has 0 bridgehead atoms. The molecule has 0 aliphatic carbocycles. The maximum Gasteiger partial charge on any atom is 0.302 e. The average Bonchev–Trinajstić information content (AvgIpc) is 2.10. The van der Waals surface area contributed by atoms with Gasteiger partial charge in [0.15, 0.2) is 0 Å². The number of carbonyl (C=O) groups is 1. The molecule has 0 fully saturated rings. The van der Waals surface area contributed by atoms with Gasteiger partial charge in [0.2, 0.25) is 0 Å². The van der Waals surface area contributed by atoms with Crippen LogP contribution >= 0.6 is 0 Å². The molecule has 0 aliphatic heterocycles. The van der Waals surface area contributed by atoms with Gasteiger partial charge in [-0.3, -0.25) is 4.79 Å². The molecule has 1 N–H and O–H groups in total. The molecule has 4 heteroatoms. The van der Waals surface area contributed by atoms with Crippen LogP contribution in [0.4, 0.5) is 0 Å². The molecule has 76 valence electrons. The van der Waals surface area contributed by atoms with Crippen LogP contribution in [0.15, 0.2) is 12.7 Å². The standard InChI is InChI=1S/C9H16O4/c1-3-4-5-12-9(6-10)7-13-8(2)11/h3,9-10H,1,4-7H2,2H3. The number of aliphatic hydroxyl groups is 1. The van der Waals surface area contributed by atoms with E-state index in [4.69, 9.17) is 9.84 Å². The quantitative estimate of drug-likeness (QED) is 0.359. The van der Waals surface area contributed by atoms with E-state index in [1.165, 1.54) is 6.92 Å². The van der Waals surface area contributed by atoms with Gasteiger partial charge in [-0.2, -0.15) is 0 Å². The third-order valence-electron chi connectivity index (χ3n) is 1.35. The molecule has 0 saturated heterocycles. The Morgan fingerprint density at radius 1 is 1.69 bits per heavy atom. The van der Waals surface area contributed by atoms with Crippen molar-refractivity contribution in [2.45, 2.75) is 19.4 Å². The van der Waals surface area contributed by atoms with Gasteiger partial charge >= 0.3 is 5.97 Å². The van der Waals surface area contributed by atoms with E-state index in [0.717, 1.165) is 6.42 Å². The van der Waals surface area contributed by atoms with Crippen LogP contribution in [0.1, 0.15) is 13.3 Å². The molecule has 0 amide bonds. The Balaban J connectivity index is 3.50. The molecule has 1 unspecified atom stereocenters. The second-order valence-electron chi connectivity index (χ2n) is 2.56. The third-order valence-corrected chi connectivity index (χ3v) is 1.35. The van der Waals surface area contributed by atoms with Gasteiger partial charge in [-0.05, 0) is 6.42 Å². The van der Waals surface area contributed by atoms with Crippen molar-refractivity contribution >= 4 is 5.97 Å². The number of rotatable bonds is 7. The molecular weight excluding hydrogens is 172 g/mol. The van der Waals surface area contributed by atoms with E-state index in [9.17, 15) is 4.79 Å². The summed E-state index contributed by atoms with van der Waals surface area (Å²) in [6.07, 6.45) is 2.01. The van der Waals surface area contributed by atoms with Crippen molar-refractivity contribution < 1.29 is 19.4 Å². The first-order chi connectivity index (χ1) is 6.20. The second kappa shape index (κ2) is 7.76. The summed E-state index contributed by atoms with van der Waals surface area (Å²) in [5, 5.41) is 8.80. The zero-order valence-electron chi connectivity index (χ0n) is 7.86. The van der Waals surface area contributed by atoms with Crippen molar-refractivity contribution in [1.82, 2.24) is 0 Å². The van der Waals surface area contributed by atoms with Crippen LogP contribution < -0.4 is 0 Å². The summed E-state index contributed by atoms with van der Waals surface area (Å²) in [5.41, 5.74) is 0. The lowest BCUT2D eigenvalue weighted by atomic mass is 10.4. The van der Waals surface area contributed by atoms with E-state index in [1.807, 2.05) is 0 Å². The Bertz CT molecular complexity index is 156. The first-order valence-electron chi connectivity index (χ1n) is 4.17. The fourth-order valence-electron chi connectivity index (χ4n) is 0.682. The summed E-state index contributed by atoms with van der Waals surface area (Å²) in [6.45, 7) is 5.28. The maximum absolute atomic E-state index is 10.4. The molecule has 4 nitrogen and oxygen atoms in total. The second-order valence-corrected chi connectivity index (χ2v) is 2.56. The van der Waals surface area contributed by atoms with Gasteiger partial charge < -0.3 is 14.6 Å². The summed E-state index contributed by atoms with van der Waals surface area (Å²) in [6, 6.07) is 0. The molecule has 0 spiro atoms. The minimum Gasteiger partial charge on any atom is -0.463 e. The largest absolute Gasteiger partial charge is 0.463 e. The first kappa shape index (κ1) is 12.1. The molecule has 1 atom stereocenters. The Morgan fingerprint density at radius 3 is 2.85 bits per heavy atom. The van der Waals surface area contributed by atoms with Gasteiger partial charge in [-0.15, -0.1) is 6.58 Å². The van der Waals surface area contributed by atoms with Crippen LogP contribution in [-0.4, -0.2) is 37.0 Å². The highest BCUT2D eigenvalue weighted by Gasteiger charge is 2.08. The summed E-state index contributed by atoms with van der Waals surface area (Å²) >= 11 is 0. The normalized spacial score (nSPS) is 12.2. The molecule has 0 radical (unpaired) electrons. The molecule has 0 heterocycles. The fraction of sp³-hybridized carbons (Fsp3) is 0.667. The maximum atomic E-state index is 10.4. The van der Waals surface area contributed by atoms with Crippen LogP contribution in [-0.2, 0) is 14.3 Å². The molecule has 0 aromatic rings. The zero-order chi connectivity index (χ0) is 10.1. The highest BCUT2D eigenvalue weighted by Crippen LogP contribution is 1.95. The Hall–Kier alpha value is -0.870. The summed E-state index contributed by atoms with van der Waals surface area (Å²) < 4.78 is 9.86. The SMILES string of the molecule is C=CCCOC(CO)COC(C)=O. The van der Waals surface area contributed by atoms with Gasteiger partial charge in [-0.1, -0.05) is 6.08 Å². The van der Waals surface area contributed by atoms with E-state index in [0.29, 0.717) is 6.61 Å². The number of hydrogen-bond acceptors (Lipinski definition) is 4. The third kappa shape index (κ3) is 7.49. The predicted molar refractivity (Wildman–Crippen MR) is 48.3 cm³/mol. The van der Waals surface area contributed by atoms with Crippen LogP contribution in [0.2, 0.25) is 0 Å². The van der Waals surface area contributed by atoms with E-state index in [2.05, 4.69) is 11.3 Å². The minimum absolute atomic E-state index is 0.100. The monoisotopic (exact) mass is 188 g/mol. The summed E-state index contributed by atoms with van der Waals surface area (Å²) in [4.78, 5) is 10.4. The smallest absolute Gasteiger partial charge is 0.302 e. The van der Waals surface area contributed by atoms with Gasteiger partial charge in [0, 0.05) is 6.92 Å². The Kier molecular flexibility index (Phi) is 7.24. The van der Waals surface area contributed by atoms with Crippen LogP contribution in [0.25, 0.3) is 0 Å². The van der Waals surface area contributed by atoms with Crippen molar-refractivity contribution in [3.05, 3.63) is 12.7 Å². The molecule has 0 aliphatic rings. The van der Waals surface area contributed by atoms with Crippen LogP contribution in [0.5, 0.6) is 0 Å². The number of carbonyl (C=O) groups excluding carboxylic acids is 1. The Morgan fingerprint density at radius 2 is 2.38 bits per heavy atom. The van der Waals surface area contributed by atoms with Crippen LogP contribution in [0.3, 0.4) is 0 Å². The van der Waals surface area contributed by atoms with Crippen molar-refractivity contribution in [3.8, 4) is 0 Å². The molecule has 0 aromatic heterocycles. The van der Waals surface area contributed by atoms with Gasteiger partial charge in [0.1, 0.15) is 12.7 Å².